The molecule has 3 amide bonds. The molecule has 0 heterocycles. The van der Waals surface area contributed by atoms with E-state index in [-0.39, 0.29) is 30.8 Å². The minimum atomic E-state index is -0.752. The highest BCUT2D eigenvalue weighted by molar-refractivity contribution is 5.88. The summed E-state index contributed by atoms with van der Waals surface area (Å²) in [7, 11) is 0. The van der Waals surface area contributed by atoms with Crippen LogP contribution in [-0.2, 0) is 33.9 Å². The van der Waals surface area contributed by atoms with Crippen LogP contribution in [0.5, 0.6) is 0 Å². The molecule has 0 spiro atoms. The summed E-state index contributed by atoms with van der Waals surface area (Å²) >= 11 is 0. The van der Waals surface area contributed by atoms with E-state index in [1.807, 2.05) is 105 Å². The minimum Gasteiger partial charge on any atom is -0.445 e. The predicted molar refractivity (Wildman–Crippen MR) is 148 cm³/mol. The number of hydrogen-bond acceptors (Lipinski definition) is 4. The average Bonchev–Trinajstić information content (AvgIpc) is 2.91. The van der Waals surface area contributed by atoms with Gasteiger partial charge in [0.1, 0.15) is 12.6 Å². The van der Waals surface area contributed by atoms with Crippen LogP contribution in [0.25, 0.3) is 0 Å². The lowest BCUT2D eigenvalue weighted by Crippen LogP contribution is -2.49. The van der Waals surface area contributed by atoms with Gasteiger partial charge in [-0.15, -0.1) is 0 Å². The molecule has 0 saturated heterocycles. The summed E-state index contributed by atoms with van der Waals surface area (Å²) in [5.74, 6) is -0.326. The molecule has 200 valence electrons. The molecule has 0 aliphatic rings. The first-order chi connectivity index (χ1) is 18.4. The second kappa shape index (κ2) is 15.2. The van der Waals surface area contributed by atoms with Crippen LogP contribution in [0.2, 0.25) is 0 Å². The van der Waals surface area contributed by atoms with E-state index in [0.29, 0.717) is 19.4 Å². The van der Waals surface area contributed by atoms with Gasteiger partial charge in [0, 0.05) is 25.4 Å². The van der Waals surface area contributed by atoms with Gasteiger partial charge < -0.3 is 20.7 Å². The summed E-state index contributed by atoms with van der Waals surface area (Å²) in [6.07, 6.45) is 0.413. The second-order valence-electron chi connectivity index (χ2n) is 9.75. The summed E-state index contributed by atoms with van der Waals surface area (Å²) in [5, 5.41) is 8.65. The van der Waals surface area contributed by atoms with E-state index in [1.165, 1.54) is 0 Å². The Labute approximate surface area is 225 Å². The van der Waals surface area contributed by atoms with E-state index in [0.717, 1.165) is 16.7 Å². The van der Waals surface area contributed by atoms with E-state index in [2.05, 4.69) is 16.0 Å². The number of carbonyl (C=O) groups is 3. The highest BCUT2D eigenvalue weighted by Crippen LogP contribution is 2.11. The van der Waals surface area contributed by atoms with Gasteiger partial charge in [-0.05, 0) is 29.0 Å². The highest BCUT2D eigenvalue weighted by atomic mass is 16.5. The maximum Gasteiger partial charge on any atom is 0.407 e. The molecule has 0 radical (unpaired) electrons. The molecule has 3 aromatic carbocycles. The van der Waals surface area contributed by atoms with Gasteiger partial charge in [0.25, 0.3) is 0 Å². The van der Waals surface area contributed by atoms with E-state index in [4.69, 9.17) is 4.74 Å². The van der Waals surface area contributed by atoms with Crippen LogP contribution in [0.4, 0.5) is 4.79 Å². The van der Waals surface area contributed by atoms with Crippen LogP contribution >= 0.6 is 0 Å². The highest BCUT2D eigenvalue weighted by Gasteiger charge is 2.24. The smallest absolute Gasteiger partial charge is 0.407 e. The molecule has 3 N–H and O–H groups in total. The Morgan fingerprint density at radius 2 is 1.29 bits per heavy atom. The van der Waals surface area contributed by atoms with E-state index >= 15 is 0 Å². The maximum atomic E-state index is 13.1. The summed E-state index contributed by atoms with van der Waals surface area (Å²) in [6, 6.07) is 27.4. The van der Waals surface area contributed by atoms with Crippen LogP contribution in [0.15, 0.2) is 91.0 Å². The minimum absolute atomic E-state index is 0.0376. The standard InChI is InChI=1S/C31H37N3O4/c1-23(2)18-27(33-31(37)38-22-26-16-10-5-11-17-26)20-29(35)34-28(19-24-12-6-3-7-13-24)30(36)32-21-25-14-8-4-9-15-25/h3-17,23,27-28H,18-22H2,1-2H3,(H,32,36)(H,33,37)(H,34,35). The number of benzene rings is 3. The zero-order valence-corrected chi connectivity index (χ0v) is 22.1. The number of nitrogens with one attached hydrogen (secondary N) is 3. The van der Waals surface area contributed by atoms with Crippen molar-refractivity contribution in [2.24, 2.45) is 5.92 Å². The lowest BCUT2D eigenvalue weighted by Gasteiger charge is -2.23. The number of alkyl carbamates (subject to hydrolysis) is 1. The Morgan fingerprint density at radius 1 is 0.737 bits per heavy atom. The molecule has 7 nitrogen and oxygen atoms in total. The fourth-order valence-electron chi connectivity index (χ4n) is 4.14. The molecule has 3 aromatic rings. The first kappa shape index (κ1) is 28.4. The number of hydrogen-bond donors (Lipinski definition) is 3. The largest absolute Gasteiger partial charge is 0.445 e. The summed E-state index contributed by atoms with van der Waals surface area (Å²) in [5.41, 5.74) is 2.79. The number of carbonyl (C=O) groups excluding carboxylic acids is 3. The molecular formula is C31H37N3O4. The fraction of sp³-hybridized carbons (Fsp3) is 0.323. The molecule has 2 unspecified atom stereocenters. The summed E-state index contributed by atoms with van der Waals surface area (Å²) in [6.45, 7) is 4.56. The second-order valence-corrected chi connectivity index (χ2v) is 9.75. The molecule has 0 bridgehead atoms. The van der Waals surface area contributed by atoms with Crippen molar-refractivity contribution in [3.8, 4) is 0 Å². The Kier molecular flexibility index (Phi) is 11.4. The first-order valence-electron chi connectivity index (χ1n) is 13.0. The Balaban J connectivity index is 1.60. The van der Waals surface area contributed by atoms with Gasteiger partial charge in [0.05, 0.1) is 0 Å². The zero-order valence-electron chi connectivity index (χ0n) is 22.1. The molecule has 0 saturated carbocycles. The molecule has 38 heavy (non-hydrogen) atoms. The van der Waals surface area contributed by atoms with Crippen molar-refractivity contribution in [3.63, 3.8) is 0 Å². The molecule has 0 aliphatic carbocycles. The molecule has 3 rings (SSSR count). The third kappa shape index (κ3) is 10.5. The Bertz CT molecular complexity index is 1140. The topological polar surface area (TPSA) is 96.5 Å². The van der Waals surface area contributed by atoms with Crippen LogP contribution < -0.4 is 16.0 Å². The van der Waals surface area contributed by atoms with Crippen molar-refractivity contribution in [1.29, 1.82) is 0 Å². The number of amides is 3. The van der Waals surface area contributed by atoms with Crippen molar-refractivity contribution in [2.45, 2.75) is 58.3 Å². The zero-order chi connectivity index (χ0) is 27.2. The van der Waals surface area contributed by atoms with Crippen LogP contribution in [0, 0.1) is 5.92 Å². The fourth-order valence-corrected chi connectivity index (χ4v) is 4.14. The third-order valence-corrected chi connectivity index (χ3v) is 5.97. The molecule has 7 heteroatoms. The van der Waals surface area contributed by atoms with E-state index < -0.39 is 18.2 Å². The molecule has 0 fully saturated rings. The van der Waals surface area contributed by atoms with Crippen LogP contribution in [0.3, 0.4) is 0 Å². The summed E-state index contributed by atoms with van der Waals surface area (Å²) in [4.78, 5) is 38.6. The monoisotopic (exact) mass is 515 g/mol. The molecular weight excluding hydrogens is 478 g/mol. The van der Waals surface area contributed by atoms with E-state index in [1.54, 1.807) is 0 Å². The Morgan fingerprint density at radius 3 is 1.87 bits per heavy atom. The third-order valence-electron chi connectivity index (χ3n) is 5.97. The normalized spacial score (nSPS) is 12.3. The lowest BCUT2D eigenvalue weighted by molar-refractivity contribution is -0.129. The molecule has 2 atom stereocenters. The van der Waals surface area contributed by atoms with Crippen molar-refractivity contribution in [3.05, 3.63) is 108 Å². The maximum absolute atomic E-state index is 13.1. The number of rotatable bonds is 13. The van der Waals surface area contributed by atoms with E-state index in [9.17, 15) is 14.4 Å². The number of ether oxygens (including phenoxy) is 1. The predicted octanol–water partition coefficient (Wildman–Crippen LogP) is 4.76. The van der Waals surface area contributed by atoms with Gasteiger partial charge in [0.15, 0.2) is 0 Å². The molecule has 0 aliphatic heterocycles. The van der Waals surface area contributed by atoms with Gasteiger partial charge in [0.2, 0.25) is 11.8 Å². The van der Waals surface area contributed by atoms with Crippen LogP contribution in [-0.4, -0.2) is 30.0 Å². The van der Waals surface area contributed by atoms with Gasteiger partial charge in [-0.3, -0.25) is 9.59 Å². The van der Waals surface area contributed by atoms with Crippen molar-refractivity contribution in [2.75, 3.05) is 0 Å². The van der Waals surface area contributed by atoms with Gasteiger partial charge in [-0.1, -0.05) is 105 Å². The van der Waals surface area contributed by atoms with Gasteiger partial charge in [-0.25, -0.2) is 4.79 Å². The average molecular weight is 516 g/mol. The quantitative estimate of drug-likeness (QED) is 0.306. The van der Waals surface area contributed by atoms with Crippen LogP contribution in [0.1, 0.15) is 43.4 Å². The van der Waals surface area contributed by atoms with Gasteiger partial charge in [-0.2, -0.15) is 0 Å². The van der Waals surface area contributed by atoms with Gasteiger partial charge >= 0.3 is 6.09 Å². The molecule has 0 aromatic heterocycles. The van der Waals surface area contributed by atoms with Crippen molar-refractivity contribution in [1.82, 2.24) is 16.0 Å². The van der Waals surface area contributed by atoms with Crippen molar-refractivity contribution < 1.29 is 19.1 Å². The lowest BCUT2D eigenvalue weighted by atomic mass is 10.00. The first-order valence-corrected chi connectivity index (χ1v) is 13.0. The van der Waals surface area contributed by atoms with Crippen molar-refractivity contribution >= 4 is 17.9 Å². The SMILES string of the molecule is CC(C)CC(CC(=O)NC(Cc1ccccc1)C(=O)NCc1ccccc1)NC(=O)OCc1ccccc1. The summed E-state index contributed by atoms with van der Waals surface area (Å²) < 4.78 is 5.35. The Hall–Kier alpha value is -4.13.